The van der Waals surface area contributed by atoms with Crippen molar-refractivity contribution < 1.29 is 0 Å². The van der Waals surface area contributed by atoms with Crippen LogP contribution in [0.1, 0.15) is 30.5 Å². The van der Waals surface area contributed by atoms with Crippen molar-refractivity contribution in [2.45, 2.75) is 33.6 Å². The van der Waals surface area contributed by atoms with Gasteiger partial charge >= 0.3 is 0 Å². The van der Waals surface area contributed by atoms with Gasteiger partial charge in [0.25, 0.3) is 0 Å². The van der Waals surface area contributed by atoms with Crippen molar-refractivity contribution >= 4 is 11.6 Å². The van der Waals surface area contributed by atoms with E-state index < -0.39 is 0 Å². The van der Waals surface area contributed by atoms with Crippen LogP contribution >= 0.6 is 11.6 Å². The molecule has 0 aliphatic rings. The van der Waals surface area contributed by atoms with Gasteiger partial charge in [0.15, 0.2) is 0 Å². The van der Waals surface area contributed by atoms with E-state index in [0.29, 0.717) is 0 Å². The molecule has 66 valence electrons. The fraction of sp³-hybridized carbons (Fsp3) is 0.455. The van der Waals surface area contributed by atoms with Crippen LogP contribution in [0.5, 0.6) is 0 Å². The third-order valence-corrected chi connectivity index (χ3v) is 2.67. The normalized spacial score (nSPS) is 10.3. The van der Waals surface area contributed by atoms with Crippen LogP contribution in [-0.2, 0) is 12.8 Å². The van der Waals surface area contributed by atoms with Gasteiger partial charge in [0, 0.05) is 5.02 Å². The van der Waals surface area contributed by atoms with Gasteiger partial charge in [0.2, 0.25) is 0 Å². The number of halogens is 1. The van der Waals surface area contributed by atoms with Crippen molar-refractivity contribution in [3.05, 3.63) is 33.8 Å². The van der Waals surface area contributed by atoms with E-state index in [1.165, 1.54) is 16.7 Å². The maximum atomic E-state index is 6.08. The highest BCUT2D eigenvalue weighted by Gasteiger charge is 2.05. The largest absolute Gasteiger partial charge is 0.0840 e. The molecule has 0 bridgehead atoms. The Balaban J connectivity index is 3.28. The van der Waals surface area contributed by atoms with Gasteiger partial charge in [-0.25, -0.2) is 0 Å². The van der Waals surface area contributed by atoms with Gasteiger partial charge in [-0.05, 0) is 42.5 Å². The van der Waals surface area contributed by atoms with E-state index in [1.807, 2.05) is 6.07 Å². The first-order valence-electron chi connectivity index (χ1n) is 4.47. The quantitative estimate of drug-likeness (QED) is 0.653. The molecule has 0 fully saturated rings. The van der Waals surface area contributed by atoms with Crippen LogP contribution in [0.2, 0.25) is 5.02 Å². The standard InChI is InChI=1S/C11H15Cl/c1-4-9-8(3)6-7-11(12)10(9)5-2/h6-7H,4-5H2,1-3H3. The molecule has 0 N–H and O–H groups in total. The van der Waals surface area contributed by atoms with E-state index in [9.17, 15) is 0 Å². The van der Waals surface area contributed by atoms with Crippen LogP contribution in [0.15, 0.2) is 12.1 Å². The first kappa shape index (κ1) is 9.60. The summed E-state index contributed by atoms with van der Waals surface area (Å²) in [6.07, 6.45) is 2.11. The molecule has 0 saturated carbocycles. The Kier molecular flexibility index (Phi) is 3.16. The molecule has 1 aromatic rings. The fourth-order valence-corrected chi connectivity index (χ4v) is 1.97. The third kappa shape index (κ3) is 1.64. The zero-order chi connectivity index (χ0) is 9.14. The minimum Gasteiger partial charge on any atom is -0.0840 e. The van der Waals surface area contributed by atoms with Crippen molar-refractivity contribution in [3.8, 4) is 0 Å². The molecular formula is C11H15Cl. The predicted octanol–water partition coefficient (Wildman–Crippen LogP) is 3.77. The second-order valence-corrected chi connectivity index (χ2v) is 3.44. The first-order chi connectivity index (χ1) is 5.70. The van der Waals surface area contributed by atoms with E-state index in [1.54, 1.807) is 0 Å². The van der Waals surface area contributed by atoms with Crippen molar-refractivity contribution in [3.63, 3.8) is 0 Å². The molecule has 0 atom stereocenters. The second kappa shape index (κ2) is 3.95. The lowest BCUT2D eigenvalue weighted by atomic mass is 9.98. The summed E-state index contributed by atoms with van der Waals surface area (Å²) >= 11 is 6.08. The maximum absolute atomic E-state index is 6.08. The highest BCUT2D eigenvalue weighted by atomic mass is 35.5. The summed E-state index contributed by atoms with van der Waals surface area (Å²) in [6.45, 7) is 6.48. The van der Waals surface area contributed by atoms with Gasteiger partial charge in [0.1, 0.15) is 0 Å². The molecule has 0 spiro atoms. The van der Waals surface area contributed by atoms with Crippen molar-refractivity contribution in [1.29, 1.82) is 0 Å². The van der Waals surface area contributed by atoms with Crippen LogP contribution in [0.4, 0.5) is 0 Å². The van der Waals surface area contributed by atoms with Crippen molar-refractivity contribution in [2.24, 2.45) is 0 Å². The second-order valence-electron chi connectivity index (χ2n) is 3.03. The Bertz CT molecular complexity index is 248. The summed E-state index contributed by atoms with van der Waals surface area (Å²) in [6, 6.07) is 4.09. The summed E-state index contributed by atoms with van der Waals surface area (Å²) in [5.74, 6) is 0. The van der Waals surface area contributed by atoms with Crippen molar-refractivity contribution in [2.75, 3.05) is 0 Å². The Labute approximate surface area is 79.6 Å². The first-order valence-corrected chi connectivity index (χ1v) is 4.85. The fourth-order valence-electron chi connectivity index (χ4n) is 1.66. The van der Waals surface area contributed by atoms with Crippen LogP contribution in [0.3, 0.4) is 0 Å². The lowest BCUT2D eigenvalue weighted by molar-refractivity contribution is 1.02. The van der Waals surface area contributed by atoms with E-state index in [2.05, 4.69) is 26.8 Å². The van der Waals surface area contributed by atoms with E-state index >= 15 is 0 Å². The SMILES string of the molecule is CCc1c(C)ccc(Cl)c1CC. The summed E-state index contributed by atoms with van der Waals surface area (Å²) < 4.78 is 0. The van der Waals surface area contributed by atoms with Gasteiger partial charge in [-0.1, -0.05) is 31.5 Å². The van der Waals surface area contributed by atoms with Gasteiger partial charge in [-0.15, -0.1) is 0 Å². The molecule has 0 aliphatic carbocycles. The minimum absolute atomic E-state index is 0.917. The Hall–Kier alpha value is -0.490. The van der Waals surface area contributed by atoms with Gasteiger partial charge in [0.05, 0.1) is 0 Å². The molecule has 0 amide bonds. The molecule has 0 radical (unpaired) electrons. The maximum Gasteiger partial charge on any atom is 0.0440 e. The average Bonchev–Trinajstić information content (AvgIpc) is 2.08. The smallest absolute Gasteiger partial charge is 0.0440 e. The van der Waals surface area contributed by atoms with Gasteiger partial charge in [-0.2, -0.15) is 0 Å². The third-order valence-electron chi connectivity index (χ3n) is 2.32. The number of benzene rings is 1. The summed E-state index contributed by atoms with van der Waals surface area (Å²) in [4.78, 5) is 0. The number of rotatable bonds is 2. The molecule has 0 aliphatic heterocycles. The Morgan fingerprint density at radius 2 is 1.67 bits per heavy atom. The van der Waals surface area contributed by atoms with Gasteiger partial charge in [-0.3, -0.25) is 0 Å². The lowest BCUT2D eigenvalue weighted by Gasteiger charge is -2.10. The van der Waals surface area contributed by atoms with Crippen LogP contribution < -0.4 is 0 Å². The topological polar surface area (TPSA) is 0 Å². The van der Waals surface area contributed by atoms with Crippen LogP contribution in [-0.4, -0.2) is 0 Å². The number of hydrogen-bond acceptors (Lipinski definition) is 0. The Morgan fingerprint density at radius 3 is 2.08 bits per heavy atom. The molecule has 1 rings (SSSR count). The molecule has 0 unspecified atom stereocenters. The molecule has 0 heterocycles. The molecular weight excluding hydrogens is 168 g/mol. The lowest BCUT2D eigenvalue weighted by Crippen LogP contribution is -1.95. The van der Waals surface area contributed by atoms with E-state index in [0.717, 1.165) is 17.9 Å². The number of hydrogen-bond donors (Lipinski definition) is 0. The predicted molar refractivity (Wildman–Crippen MR) is 54.9 cm³/mol. The van der Waals surface area contributed by atoms with E-state index in [-0.39, 0.29) is 0 Å². The average molecular weight is 183 g/mol. The van der Waals surface area contributed by atoms with E-state index in [4.69, 9.17) is 11.6 Å². The zero-order valence-corrected chi connectivity index (χ0v) is 8.70. The molecule has 12 heavy (non-hydrogen) atoms. The highest BCUT2D eigenvalue weighted by molar-refractivity contribution is 6.31. The minimum atomic E-state index is 0.917. The van der Waals surface area contributed by atoms with Crippen LogP contribution in [0.25, 0.3) is 0 Å². The summed E-state index contributed by atoms with van der Waals surface area (Å²) in [7, 11) is 0. The summed E-state index contributed by atoms with van der Waals surface area (Å²) in [5, 5.41) is 0.917. The molecule has 0 nitrogen and oxygen atoms in total. The van der Waals surface area contributed by atoms with Crippen molar-refractivity contribution in [1.82, 2.24) is 0 Å². The Morgan fingerprint density at radius 1 is 1.08 bits per heavy atom. The molecule has 1 aromatic carbocycles. The molecule has 0 aromatic heterocycles. The van der Waals surface area contributed by atoms with Gasteiger partial charge < -0.3 is 0 Å². The molecule has 0 saturated heterocycles. The van der Waals surface area contributed by atoms with Crippen LogP contribution in [0, 0.1) is 6.92 Å². The number of aryl methyl sites for hydroxylation is 1. The highest BCUT2D eigenvalue weighted by Crippen LogP contribution is 2.24. The summed E-state index contributed by atoms with van der Waals surface area (Å²) in [5.41, 5.74) is 4.10. The monoisotopic (exact) mass is 182 g/mol. The molecule has 1 heteroatoms. The zero-order valence-electron chi connectivity index (χ0n) is 7.95.